The number of aryl methyl sites for hydroxylation is 1. The first-order chi connectivity index (χ1) is 12.4. The van der Waals surface area contributed by atoms with Gasteiger partial charge in [0.05, 0.1) is 7.11 Å². The summed E-state index contributed by atoms with van der Waals surface area (Å²) in [7, 11) is 1.56. The summed E-state index contributed by atoms with van der Waals surface area (Å²) in [6.45, 7) is 6.60. The highest BCUT2D eigenvalue weighted by molar-refractivity contribution is 7.15. The zero-order valence-corrected chi connectivity index (χ0v) is 16.4. The van der Waals surface area contributed by atoms with Gasteiger partial charge in [-0.05, 0) is 37.5 Å². The third kappa shape index (κ3) is 5.84. The van der Waals surface area contributed by atoms with Crippen molar-refractivity contribution in [3.8, 4) is 5.75 Å². The Hall–Kier alpha value is -2.41. The maximum atomic E-state index is 12.9. The molecular weight excluding hydrogens is 350 g/mol. The first-order valence-electron chi connectivity index (χ1n) is 8.54. The van der Waals surface area contributed by atoms with E-state index in [2.05, 4.69) is 24.1 Å². The highest BCUT2D eigenvalue weighted by Crippen LogP contribution is 2.18. The normalized spacial score (nSPS) is 10.7. The topological polar surface area (TPSA) is 71.5 Å². The lowest BCUT2D eigenvalue weighted by molar-refractivity contribution is -0.116. The van der Waals surface area contributed by atoms with Crippen molar-refractivity contribution in [3.05, 3.63) is 40.9 Å². The Balaban J connectivity index is 2.10. The number of nitrogens with zero attached hydrogens (tertiary/aromatic N) is 2. The van der Waals surface area contributed by atoms with Crippen LogP contribution < -0.4 is 10.1 Å². The van der Waals surface area contributed by atoms with Crippen molar-refractivity contribution in [2.75, 3.05) is 25.5 Å². The van der Waals surface area contributed by atoms with Crippen LogP contribution in [-0.2, 0) is 4.79 Å². The maximum absolute atomic E-state index is 12.9. The molecule has 0 atom stereocenters. The molecule has 0 saturated heterocycles. The lowest BCUT2D eigenvalue weighted by atomic mass is 10.1. The average molecular weight is 375 g/mol. The summed E-state index contributed by atoms with van der Waals surface area (Å²) in [5.74, 6) is 0.608. The van der Waals surface area contributed by atoms with E-state index in [1.54, 1.807) is 42.5 Å². The summed E-state index contributed by atoms with van der Waals surface area (Å²) >= 11 is 1.41. The van der Waals surface area contributed by atoms with Gasteiger partial charge in [-0.15, -0.1) is 11.3 Å². The fraction of sp³-hybridized carbons (Fsp3) is 0.421. The van der Waals surface area contributed by atoms with E-state index in [0.717, 1.165) is 11.3 Å². The molecule has 1 heterocycles. The molecule has 1 aromatic heterocycles. The van der Waals surface area contributed by atoms with Crippen LogP contribution in [-0.4, -0.2) is 41.9 Å². The number of hydrogen-bond donors (Lipinski definition) is 1. The van der Waals surface area contributed by atoms with Gasteiger partial charge >= 0.3 is 0 Å². The second kappa shape index (κ2) is 9.33. The van der Waals surface area contributed by atoms with Gasteiger partial charge in [0.15, 0.2) is 5.13 Å². The average Bonchev–Trinajstić information content (AvgIpc) is 3.02. The number of rotatable bonds is 8. The fourth-order valence-electron chi connectivity index (χ4n) is 2.35. The second-order valence-electron chi connectivity index (χ2n) is 6.47. The van der Waals surface area contributed by atoms with Crippen LogP contribution in [0.1, 0.15) is 35.5 Å². The highest BCUT2D eigenvalue weighted by Gasteiger charge is 2.20. The Morgan fingerprint density at radius 2 is 2.12 bits per heavy atom. The monoisotopic (exact) mass is 375 g/mol. The summed E-state index contributed by atoms with van der Waals surface area (Å²) in [4.78, 5) is 32.0. The third-order valence-electron chi connectivity index (χ3n) is 3.78. The molecule has 6 nitrogen and oxygen atoms in total. The van der Waals surface area contributed by atoms with E-state index in [-0.39, 0.29) is 18.4 Å². The fourth-order valence-corrected chi connectivity index (χ4v) is 3.03. The highest BCUT2D eigenvalue weighted by atomic mass is 32.1. The second-order valence-corrected chi connectivity index (χ2v) is 7.70. The zero-order valence-electron chi connectivity index (χ0n) is 15.6. The Morgan fingerprint density at radius 1 is 1.35 bits per heavy atom. The summed E-state index contributed by atoms with van der Waals surface area (Å²) in [6, 6.07) is 6.97. The molecule has 0 aliphatic rings. The molecule has 2 rings (SSSR count). The number of hydrogen-bond acceptors (Lipinski definition) is 5. The molecule has 1 aromatic carbocycles. The van der Waals surface area contributed by atoms with Gasteiger partial charge in [-0.25, -0.2) is 4.98 Å². The number of aromatic nitrogens is 1. The Morgan fingerprint density at radius 3 is 2.73 bits per heavy atom. The number of methoxy groups -OCH3 is 1. The van der Waals surface area contributed by atoms with Crippen molar-refractivity contribution in [1.29, 1.82) is 0 Å². The Labute approximate surface area is 158 Å². The van der Waals surface area contributed by atoms with Gasteiger partial charge in [-0.2, -0.15) is 0 Å². The lowest BCUT2D eigenvalue weighted by Gasteiger charge is -2.23. The number of carbonyl (C=O) groups is 2. The minimum Gasteiger partial charge on any atom is -0.497 e. The van der Waals surface area contributed by atoms with Crippen molar-refractivity contribution in [2.24, 2.45) is 5.92 Å². The van der Waals surface area contributed by atoms with E-state index < -0.39 is 0 Å². The molecule has 0 fully saturated rings. The molecule has 0 bridgehead atoms. The minimum atomic E-state index is -0.251. The van der Waals surface area contributed by atoms with Crippen LogP contribution in [0.4, 0.5) is 5.13 Å². The number of nitrogens with one attached hydrogen (secondary N) is 1. The van der Waals surface area contributed by atoms with Gasteiger partial charge in [0, 0.05) is 23.2 Å². The lowest BCUT2D eigenvalue weighted by Crippen LogP contribution is -2.39. The SMILES string of the molecule is COc1cccc(C(=O)N(CCC(C)C)CC(=O)Nc2ncc(C)s2)c1. The molecule has 0 unspecified atom stereocenters. The van der Waals surface area contributed by atoms with Crippen LogP contribution >= 0.6 is 11.3 Å². The maximum Gasteiger partial charge on any atom is 0.254 e. The first kappa shape index (κ1) is 19.9. The smallest absolute Gasteiger partial charge is 0.254 e. The zero-order chi connectivity index (χ0) is 19.1. The molecule has 7 heteroatoms. The van der Waals surface area contributed by atoms with Crippen LogP contribution in [0.5, 0.6) is 5.75 Å². The molecule has 0 saturated carbocycles. The van der Waals surface area contributed by atoms with Gasteiger partial charge in [-0.1, -0.05) is 19.9 Å². The van der Waals surface area contributed by atoms with Gasteiger partial charge in [-0.3, -0.25) is 9.59 Å². The number of ether oxygens (including phenoxy) is 1. The molecule has 0 radical (unpaired) electrons. The van der Waals surface area contributed by atoms with Crippen LogP contribution in [0.25, 0.3) is 0 Å². The molecule has 0 aliphatic carbocycles. The van der Waals surface area contributed by atoms with Crippen molar-refractivity contribution < 1.29 is 14.3 Å². The van der Waals surface area contributed by atoms with E-state index in [1.165, 1.54) is 11.3 Å². The minimum absolute atomic E-state index is 0.0125. The van der Waals surface area contributed by atoms with Crippen LogP contribution in [0.3, 0.4) is 0 Å². The van der Waals surface area contributed by atoms with E-state index in [4.69, 9.17) is 4.74 Å². The molecule has 1 N–H and O–H groups in total. The van der Waals surface area contributed by atoms with Crippen molar-refractivity contribution >= 4 is 28.3 Å². The standard InChI is InChI=1S/C19H25N3O3S/c1-13(2)8-9-22(12-17(23)21-19-20-11-14(3)26-19)18(24)15-6-5-7-16(10-15)25-4/h5-7,10-11,13H,8-9,12H2,1-4H3,(H,20,21,23). The predicted molar refractivity (Wildman–Crippen MR) is 104 cm³/mol. The number of carbonyl (C=O) groups excluding carboxylic acids is 2. The van der Waals surface area contributed by atoms with Gasteiger partial charge in [0.2, 0.25) is 5.91 Å². The number of thiazole rings is 1. The van der Waals surface area contributed by atoms with Crippen molar-refractivity contribution in [3.63, 3.8) is 0 Å². The van der Waals surface area contributed by atoms with Crippen LogP contribution in [0, 0.1) is 12.8 Å². The summed E-state index contributed by atoms with van der Waals surface area (Å²) in [6.07, 6.45) is 2.53. The largest absolute Gasteiger partial charge is 0.497 e. The Bertz CT molecular complexity index is 758. The third-order valence-corrected chi connectivity index (χ3v) is 4.61. The summed E-state index contributed by atoms with van der Waals surface area (Å²) < 4.78 is 5.19. The number of amides is 2. The molecular formula is C19H25N3O3S. The number of anilines is 1. The first-order valence-corrected chi connectivity index (χ1v) is 9.36. The number of benzene rings is 1. The van der Waals surface area contributed by atoms with E-state index in [1.807, 2.05) is 6.92 Å². The van der Waals surface area contributed by atoms with Crippen LogP contribution in [0.2, 0.25) is 0 Å². The molecule has 2 amide bonds. The molecule has 0 aliphatic heterocycles. The van der Waals surface area contributed by atoms with Gasteiger partial charge in [0.25, 0.3) is 5.91 Å². The van der Waals surface area contributed by atoms with E-state index in [0.29, 0.717) is 28.9 Å². The predicted octanol–water partition coefficient (Wildman–Crippen LogP) is 3.59. The summed E-state index contributed by atoms with van der Waals surface area (Å²) in [5.41, 5.74) is 0.506. The van der Waals surface area contributed by atoms with Crippen LogP contribution in [0.15, 0.2) is 30.5 Å². The van der Waals surface area contributed by atoms with Gasteiger partial charge in [0.1, 0.15) is 12.3 Å². The molecule has 26 heavy (non-hydrogen) atoms. The molecule has 140 valence electrons. The quantitative estimate of drug-likeness (QED) is 0.765. The molecule has 0 spiro atoms. The Kier molecular flexibility index (Phi) is 7.15. The summed E-state index contributed by atoms with van der Waals surface area (Å²) in [5, 5.41) is 3.31. The van der Waals surface area contributed by atoms with Gasteiger partial charge < -0.3 is 15.0 Å². The molecule has 2 aromatic rings. The van der Waals surface area contributed by atoms with Crippen molar-refractivity contribution in [1.82, 2.24) is 9.88 Å². The van der Waals surface area contributed by atoms with Crippen molar-refractivity contribution in [2.45, 2.75) is 27.2 Å². The van der Waals surface area contributed by atoms with E-state index >= 15 is 0 Å². The van der Waals surface area contributed by atoms with E-state index in [9.17, 15) is 9.59 Å².